The molecule has 0 bridgehead atoms. The van der Waals surface area contributed by atoms with Crippen LogP contribution in [0.2, 0.25) is 0 Å². The van der Waals surface area contributed by atoms with Crippen molar-refractivity contribution in [1.29, 1.82) is 5.26 Å². The highest BCUT2D eigenvalue weighted by Gasteiger charge is 2.12. The van der Waals surface area contributed by atoms with Gasteiger partial charge in [-0.05, 0) is 19.4 Å². The Morgan fingerprint density at radius 3 is 2.67 bits per heavy atom. The summed E-state index contributed by atoms with van der Waals surface area (Å²) < 4.78 is 0. The number of nitriles is 1. The summed E-state index contributed by atoms with van der Waals surface area (Å²) in [7, 11) is 0. The van der Waals surface area contributed by atoms with Crippen molar-refractivity contribution >= 4 is 5.91 Å². The summed E-state index contributed by atoms with van der Waals surface area (Å²) in [4.78, 5) is 11.8. The Morgan fingerprint density at radius 2 is 2.11 bits per heavy atom. The van der Waals surface area contributed by atoms with Gasteiger partial charge in [0.15, 0.2) is 0 Å². The minimum atomic E-state index is -0.366. The third-order valence-corrected chi connectivity index (χ3v) is 2.46. The fraction of sp³-hybridized carbons (Fsp3) is 0.286. The van der Waals surface area contributed by atoms with E-state index in [-0.39, 0.29) is 17.5 Å². The second kappa shape index (κ2) is 7.13. The maximum Gasteiger partial charge on any atom is 0.263 e. The second-order valence-corrected chi connectivity index (χ2v) is 3.83. The van der Waals surface area contributed by atoms with Crippen molar-refractivity contribution in [3.05, 3.63) is 47.7 Å². The number of rotatable bonds is 5. The number of nitrogens with zero attached hydrogens (tertiary/aromatic N) is 1. The van der Waals surface area contributed by atoms with Crippen molar-refractivity contribution < 1.29 is 4.79 Å². The predicted octanol–water partition coefficient (Wildman–Crippen LogP) is 1.88. The van der Waals surface area contributed by atoms with Crippen LogP contribution >= 0.6 is 0 Å². The van der Waals surface area contributed by atoms with Crippen molar-refractivity contribution in [2.24, 2.45) is 0 Å². The lowest BCUT2D eigenvalue weighted by Gasteiger charge is -2.13. The van der Waals surface area contributed by atoms with Gasteiger partial charge >= 0.3 is 0 Å². The van der Waals surface area contributed by atoms with Crippen LogP contribution in [0.1, 0.15) is 25.5 Å². The molecule has 0 heterocycles. The molecule has 1 aromatic rings. The van der Waals surface area contributed by atoms with Gasteiger partial charge in [-0.1, -0.05) is 30.3 Å². The number of carbonyl (C=O) groups is 1. The summed E-state index contributed by atoms with van der Waals surface area (Å²) in [6.45, 7) is 4.46. The van der Waals surface area contributed by atoms with Crippen molar-refractivity contribution in [3.63, 3.8) is 0 Å². The molecule has 4 nitrogen and oxygen atoms in total. The molecule has 1 rings (SSSR count). The zero-order chi connectivity index (χ0) is 13.4. The summed E-state index contributed by atoms with van der Waals surface area (Å²) in [5.41, 5.74) is 1.09. The molecular formula is C14H17N3O. The van der Waals surface area contributed by atoms with E-state index in [9.17, 15) is 4.79 Å². The van der Waals surface area contributed by atoms with Crippen LogP contribution in [-0.4, -0.2) is 12.5 Å². The minimum absolute atomic E-state index is 0.0830. The Bertz CT molecular complexity index is 460. The van der Waals surface area contributed by atoms with Crippen molar-refractivity contribution in [1.82, 2.24) is 10.6 Å². The molecule has 0 aliphatic heterocycles. The van der Waals surface area contributed by atoms with Crippen LogP contribution in [0.4, 0.5) is 0 Å². The minimum Gasteiger partial charge on any atom is -0.390 e. The number of hydrogen-bond acceptors (Lipinski definition) is 3. The van der Waals surface area contributed by atoms with E-state index in [1.807, 2.05) is 50.2 Å². The van der Waals surface area contributed by atoms with Gasteiger partial charge in [0.1, 0.15) is 11.6 Å². The first-order valence-corrected chi connectivity index (χ1v) is 5.88. The first-order chi connectivity index (χ1) is 8.69. The Kier molecular flexibility index (Phi) is 5.46. The maximum atomic E-state index is 11.8. The zero-order valence-corrected chi connectivity index (χ0v) is 10.6. The lowest BCUT2D eigenvalue weighted by atomic mass is 10.1. The third kappa shape index (κ3) is 3.95. The van der Waals surface area contributed by atoms with Crippen molar-refractivity contribution in [2.45, 2.75) is 19.9 Å². The Balaban J connectivity index is 2.67. The Hall–Kier alpha value is -2.28. The first-order valence-electron chi connectivity index (χ1n) is 5.88. The van der Waals surface area contributed by atoms with Crippen LogP contribution in [-0.2, 0) is 4.79 Å². The average molecular weight is 243 g/mol. The summed E-state index contributed by atoms with van der Waals surface area (Å²) in [5, 5.41) is 14.5. The van der Waals surface area contributed by atoms with Gasteiger partial charge in [0.25, 0.3) is 5.91 Å². The molecule has 0 fully saturated rings. The Morgan fingerprint density at radius 1 is 1.44 bits per heavy atom. The summed E-state index contributed by atoms with van der Waals surface area (Å²) in [6.07, 6.45) is 1.44. The van der Waals surface area contributed by atoms with Crippen molar-refractivity contribution in [3.8, 4) is 6.07 Å². The summed E-state index contributed by atoms with van der Waals surface area (Å²) in [5.74, 6) is -0.366. The highest BCUT2D eigenvalue weighted by Crippen LogP contribution is 2.11. The van der Waals surface area contributed by atoms with Gasteiger partial charge in [0.2, 0.25) is 0 Å². The van der Waals surface area contributed by atoms with Crippen molar-refractivity contribution in [2.75, 3.05) is 6.54 Å². The molecule has 4 heteroatoms. The highest BCUT2D eigenvalue weighted by molar-refractivity contribution is 5.97. The largest absolute Gasteiger partial charge is 0.390 e. The van der Waals surface area contributed by atoms with E-state index in [0.29, 0.717) is 6.54 Å². The first kappa shape index (κ1) is 13.8. The van der Waals surface area contributed by atoms with E-state index >= 15 is 0 Å². The molecular weight excluding hydrogens is 226 g/mol. The van der Waals surface area contributed by atoms with Crippen LogP contribution in [0, 0.1) is 11.3 Å². The van der Waals surface area contributed by atoms with E-state index in [4.69, 9.17) is 5.26 Å². The quantitative estimate of drug-likeness (QED) is 0.613. The lowest BCUT2D eigenvalue weighted by molar-refractivity contribution is -0.117. The van der Waals surface area contributed by atoms with Crippen LogP contribution in [0.3, 0.4) is 0 Å². The van der Waals surface area contributed by atoms with E-state index < -0.39 is 0 Å². The fourth-order valence-corrected chi connectivity index (χ4v) is 1.45. The van der Waals surface area contributed by atoms with E-state index in [2.05, 4.69) is 10.6 Å². The molecule has 1 atom stereocenters. The zero-order valence-electron chi connectivity index (χ0n) is 10.6. The van der Waals surface area contributed by atoms with E-state index in [1.54, 1.807) is 0 Å². The second-order valence-electron chi connectivity index (χ2n) is 3.83. The number of amides is 1. The van der Waals surface area contributed by atoms with Gasteiger partial charge in [-0.2, -0.15) is 5.26 Å². The van der Waals surface area contributed by atoms with Gasteiger partial charge < -0.3 is 10.6 Å². The van der Waals surface area contributed by atoms with Crippen LogP contribution in [0.25, 0.3) is 0 Å². The SMILES string of the molecule is CCN/C=C(/C#N)C(=O)NC(C)c1ccccc1. The topological polar surface area (TPSA) is 64.9 Å². The molecule has 0 aromatic heterocycles. The van der Waals surface area contributed by atoms with Crippen LogP contribution in [0.5, 0.6) is 0 Å². The van der Waals surface area contributed by atoms with Gasteiger partial charge in [-0.15, -0.1) is 0 Å². The van der Waals surface area contributed by atoms with Gasteiger partial charge in [-0.25, -0.2) is 0 Å². The molecule has 94 valence electrons. The maximum absolute atomic E-state index is 11.8. The van der Waals surface area contributed by atoms with Gasteiger partial charge in [0, 0.05) is 12.7 Å². The number of carbonyl (C=O) groups excluding carboxylic acids is 1. The molecule has 0 saturated heterocycles. The summed E-state index contributed by atoms with van der Waals surface area (Å²) in [6, 6.07) is 11.4. The Labute approximate surface area is 107 Å². The third-order valence-electron chi connectivity index (χ3n) is 2.46. The molecule has 0 spiro atoms. The molecule has 0 saturated carbocycles. The molecule has 2 N–H and O–H groups in total. The monoisotopic (exact) mass is 243 g/mol. The molecule has 1 amide bonds. The van der Waals surface area contributed by atoms with E-state index in [0.717, 1.165) is 5.56 Å². The lowest BCUT2D eigenvalue weighted by Crippen LogP contribution is -2.28. The number of hydrogen-bond donors (Lipinski definition) is 2. The van der Waals surface area contributed by atoms with Gasteiger partial charge in [0.05, 0.1) is 6.04 Å². The highest BCUT2D eigenvalue weighted by atomic mass is 16.1. The summed E-state index contributed by atoms with van der Waals surface area (Å²) >= 11 is 0. The molecule has 0 radical (unpaired) electrons. The smallest absolute Gasteiger partial charge is 0.263 e. The van der Waals surface area contributed by atoms with Gasteiger partial charge in [-0.3, -0.25) is 4.79 Å². The molecule has 18 heavy (non-hydrogen) atoms. The number of benzene rings is 1. The van der Waals surface area contributed by atoms with Crippen LogP contribution < -0.4 is 10.6 Å². The molecule has 1 aromatic carbocycles. The molecule has 0 aliphatic carbocycles. The fourth-order valence-electron chi connectivity index (χ4n) is 1.45. The predicted molar refractivity (Wildman–Crippen MR) is 70.4 cm³/mol. The standard InChI is InChI=1S/C14H17N3O/c1-3-16-10-13(9-15)14(18)17-11(2)12-7-5-4-6-8-12/h4-8,10-11,16H,3H2,1-2H3,(H,17,18)/b13-10-. The van der Waals surface area contributed by atoms with E-state index in [1.165, 1.54) is 6.20 Å². The average Bonchev–Trinajstić information content (AvgIpc) is 2.40. The normalized spacial score (nSPS) is 12.4. The molecule has 0 aliphatic rings. The van der Waals surface area contributed by atoms with Crippen LogP contribution in [0.15, 0.2) is 42.1 Å². The number of nitrogens with one attached hydrogen (secondary N) is 2. The molecule has 1 unspecified atom stereocenters.